The standard InChI is InChI=1S/C18H19ClN4O5/c19-12-3-4-14(18(27,10-12)16(20)25)15(24)22-6-8-23(9-7-22)17(26)28-13-2-1-5-21-11-13/h1-5,11,27H,6-10H2,(H2,20,25). The van der Waals surface area contributed by atoms with Crippen LogP contribution in [-0.4, -0.2) is 69.6 Å². The van der Waals surface area contributed by atoms with Crippen LogP contribution in [0.4, 0.5) is 4.79 Å². The van der Waals surface area contributed by atoms with E-state index in [1.54, 1.807) is 18.3 Å². The molecule has 2 heterocycles. The number of carbonyl (C=O) groups is 3. The number of aliphatic hydroxyl groups is 1. The van der Waals surface area contributed by atoms with Crippen LogP contribution in [-0.2, 0) is 9.59 Å². The molecule has 1 fully saturated rings. The second-order valence-electron chi connectivity index (χ2n) is 6.43. The van der Waals surface area contributed by atoms with Crippen molar-refractivity contribution in [2.75, 3.05) is 26.2 Å². The quantitative estimate of drug-likeness (QED) is 0.748. The number of hydrogen-bond donors (Lipinski definition) is 2. The molecule has 1 unspecified atom stereocenters. The van der Waals surface area contributed by atoms with Crippen LogP contribution in [0.2, 0.25) is 0 Å². The molecule has 0 saturated carbocycles. The van der Waals surface area contributed by atoms with Crippen LogP contribution >= 0.6 is 11.6 Å². The number of nitrogens with zero attached hydrogens (tertiary/aromatic N) is 3. The van der Waals surface area contributed by atoms with Crippen molar-refractivity contribution in [2.45, 2.75) is 12.0 Å². The number of piperazine rings is 1. The van der Waals surface area contributed by atoms with Crippen LogP contribution in [0.1, 0.15) is 6.42 Å². The average molecular weight is 407 g/mol. The molecule has 1 aromatic heterocycles. The van der Waals surface area contributed by atoms with Gasteiger partial charge >= 0.3 is 6.09 Å². The van der Waals surface area contributed by atoms with E-state index in [0.29, 0.717) is 5.75 Å². The Labute approximate surface area is 166 Å². The lowest BCUT2D eigenvalue weighted by Crippen LogP contribution is -2.55. The number of ether oxygens (including phenoxy) is 1. The highest BCUT2D eigenvalue weighted by Crippen LogP contribution is 2.32. The lowest BCUT2D eigenvalue weighted by Gasteiger charge is -2.37. The molecule has 2 aliphatic rings. The van der Waals surface area contributed by atoms with E-state index in [0.717, 1.165) is 0 Å². The van der Waals surface area contributed by atoms with Gasteiger partial charge in [0.05, 0.1) is 11.8 Å². The number of amides is 3. The zero-order valence-electron chi connectivity index (χ0n) is 14.9. The number of aromatic nitrogens is 1. The summed E-state index contributed by atoms with van der Waals surface area (Å²) in [6.07, 6.45) is 4.96. The van der Waals surface area contributed by atoms with Crippen molar-refractivity contribution in [2.24, 2.45) is 5.73 Å². The van der Waals surface area contributed by atoms with Crippen molar-refractivity contribution < 1.29 is 24.2 Å². The molecule has 3 N–H and O–H groups in total. The second kappa shape index (κ2) is 7.99. The molecule has 0 radical (unpaired) electrons. The minimum atomic E-state index is -2.15. The third-order valence-corrected chi connectivity index (χ3v) is 4.86. The first-order valence-electron chi connectivity index (χ1n) is 8.56. The van der Waals surface area contributed by atoms with Crippen molar-refractivity contribution in [1.29, 1.82) is 0 Å². The smallest absolute Gasteiger partial charge is 0.409 e. The minimum Gasteiger partial charge on any atom is -0.409 e. The van der Waals surface area contributed by atoms with Crippen molar-refractivity contribution in [3.05, 3.63) is 47.3 Å². The summed E-state index contributed by atoms with van der Waals surface area (Å²) in [5, 5.41) is 10.8. The maximum absolute atomic E-state index is 12.8. The Balaban J connectivity index is 1.63. The molecule has 1 saturated heterocycles. The third kappa shape index (κ3) is 4.00. The highest BCUT2D eigenvalue weighted by Gasteiger charge is 2.45. The van der Waals surface area contributed by atoms with Crippen LogP contribution in [0.5, 0.6) is 5.75 Å². The van der Waals surface area contributed by atoms with Gasteiger partial charge in [-0.05, 0) is 24.3 Å². The summed E-state index contributed by atoms with van der Waals surface area (Å²) in [5.41, 5.74) is 3.01. The summed E-state index contributed by atoms with van der Waals surface area (Å²) in [6, 6.07) is 3.27. The predicted octanol–water partition coefficient (Wildman–Crippen LogP) is 0.394. The van der Waals surface area contributed by atoms with Crippen LogP contribution in [0.3, 0.4) is 0 Å². The van der Waals surface area contributed by atoms with Crippen molar-refractivity contribution in [3.8, 4) is 5.75 Å². The molecule has 9 nitrogen and oxygen atoms in total. The molecular formula is C18H19ClN4O5. The molecule has 3 rings (SSSR count). The zero-order valence-corrected chi connectivity index (χ0v) is 15.6. The number of hydrogen-bond acceptors (Lipinski definition) is 6. The fraction of sp³-hybridized carbons (Fsp3) is 0.333. The van der Waals surface area contributed by atoms with Crippen molar-refractivity contribution in [3.63, 3.8) is 0 Å². The van der Waals surface area contributed by atoms with Crippen LogP contribution < -0.4 is 10.5 Å². The first-order chi connectivity index (χ1) is 13.3. The SMILES string of the molecule is NC(=O)C1(O)CC(Cl)=CC=C1C(=O)N1CCN(C(=O)Oc2cccnc2)CC1. The van der Waals surface area contributed by atoms with E-state index in [2.05, 4.69) is 4.98 Å². The molecule has 10 heteroatoms. The van der Waals surface area contributed by atoms with Gasteiger partial charge in [-0.2, -0.15) is 0 Å². The first-order valence-corrected chi connectivity index (χ1v) is 8.94. The summed E-state index contributed by atoms with van der Waals surface area (Å²) in [6.45, 7) is 0.905. The number of nitrogens with two attached hydrogens (primary N) is 1. The lowest BCUT2D eigenvalue weighted by atomic mass is 9.84. The van der Waals surface area contributed by atoms with E-state index < -0.39 is 23.5 Å². The number of pyridine rings is 1. The highest BCUT2D eigenvalue weighted by atomic mass is 35.5. The highest BCUT2D eigenvalue weighted by molar-refractivity contribution is 6.30. The second-order valence-corrected chi connectivity index (χ2v) is 6.92. The van der Waals surface area contributed by atoms with Crippen LogP contribution in [0.25, 0.3) is 0 Å². The monoisotopic (exact) mass is 406 g/mol. The normalized spacial score (nSPS) is 22.2. The fourth-order valence-corrected chi connectivity index (χ4v) is 3.27. The summed E-state index contributed by atoms with van der Waals surface area (Å²) < 4.78 is 5.23. The van der Waals surface area contributed by atoms with E-state index in [-0.39, 0.29) is 43.2 Å². The van der Waals surface area contributed by atoms with Gasteiger partial charge in [0.2, 0.25) is 0 Å². The summed E-state index contributed by atoms with van der Waals surface area (Å²) >= 11 is 5.88. The number of halogens is 1. The maximum atomic E-state index is 12.8. The van der Waals surface area contributed by atoms with E-state index in [9.17, 15) is 19.5 Å². The maximum Gasteiger partial charge on any atom is 0.415 e. The van der Waals surface area contributed by atoms with Gasteiger partial charge in [-0.15, -0.1) is 0 Å². The van der Waals surface area contributed by atoms with Gasteiger partial charge in [-0.1, -0.05) is 11.6 Å². The van der Waals surface area contributed by atoms with Gasteiger partial charge in [0.25, 0.3) is 11.8 Å². The topological polar surface area (TPSA) is 126 Å². The molecule has 0 aromatic carbocycles. The van der Waals surface area contributed by atoms with Gasteiger partial charge in [0.1, 0.15) is 0 Å². The molecule has 3 amide bonds. The lowest BCUT2D eigenvalue weighted by molar-refractivity contribution is -0.139. The zero-order chi connectivity index (χ0) is 20.3. The number of primary amides is 1. The largest absolute Gasteiger partial charge is 0.415 e. The molecule has 1 aliphatic heterocycles. The molecule has 1 aromatic rings. The molecule has 0 spiro atoms. The Kier molecular flexibility index (Phi) is 5.66. The fourth-order valence-electron chi connectivity index (χ4n) is 3.01. The van der Waals surface area contributed by atoms with Gasteiger partial charge < -0.3 is 25.4 Å². The van der Waals surface area contributed by atoms with Gasteiger partial charge in [-0.3, -0.25) is 14.6 Å². The summed E-state index contributed by atoms with van der Waals surface area (Å²) in [5.74, 6) is -1.24. The molecule has 28 heavy (non-hydrogen) atoms. The summed E-state index contributed by atoms with van der Waals surface area (Å²) in [4.78, 5) is 43.5. The Morgan fingerprint density at radius 3 is 2.46 bits per heavy atom. The Morgan fingerprint density at radius 2 is 1.86 bits per heavy atom. The van der Waals surface area contributed by atoms with E-state index in [1.165, 1.54) is 28.1 Å². The van der Waals surface area contributed by atoms with E-state index in [4.69, 9.17) is 22.1 Å². The number of allylic oxidation sites excluding steroid dienone is 2. The van der Waals surface area contributed by atoms with Crippen LogP contribution in [0.15, 0.2) is 47.3 Å². The van der Waals surface area contributed by atoms with Gasteiger partial charge in [0, 0.05) is 43.8 Å². The van der Waals surface area contributed by atoms with Gasteiger partial charge in [0.15, 0.2) is 11.4 Å². The molecule has 0 bridgehead atoms. The molecule has 1 aliphatic carbocycles. The Bertz CT molecular complexity index is 849. The molecular weight excluding hydrogens is 388 g/mol. The average Bonchev–Trinajstić information content (AvgIpc) is 2.68. The van der Waals surface area contributed by atoms with E-state index in [1.807, 2.05) is 0 Å². The number of carbonyl (C=O) groups excluding carboxylic acids is 3. The van der Waals surface area contributed by atoms with Crippen molar-refractivity contribution in [1.82, 2.24) is 14.8 Å². The van der Waals surface area contributed by atoms with E-state index >= 15 is 0 Å². The third-order valence-electron chi connectivity index (χ3n) is 4.60. The number of rotatable bonds is 3. The van der Waals surface area contributed by atoms with Gasteiger partial charge in [-0.25, -0.2) is 4.79 Å². The Morgan fingerprint density at radius 1 is 1.18 bits per heavy atom. The molecule has 148 valence electrons. The molecule has 1 atom stereocenters. The first kappa shape index (κ1) is 19.8. The predicted molar refractivity (Wildman–Crippen MR) is 99.2 cm³/mol. The minimum absolute atomic E-state index is 0.129. The Hall–Kier alpha value is -2.91. The van der Waals surface area contributed by atoms with Crippen LogP contribution in [0, 0.1) is 0 Å². The summed E-state index contributed by atoms with van der Waals surface area (Å²) in [7, 11) is 0. The van der Waals surface area contributed by atoms with Crippen molar-refractivity contribution >= 4 is 29.5 Å².